The van der Waals surface area contributed by atoms with Gasteiger partial charge in [-0.1, -0.05) is 48.0 Å². The summed E-state index contributed by atoms with van der Waals surface area (Å²) in [5.41, 5.74) is 3.53. The molecular formula is C34H34ClF3N4O6. The number of ether oxygens (including phenoxy) is 3. The van der Waals surface area contributed by atoms with E-state index in [-0.39, 0.29) is 24.7 Å². The molecule has 3 aromatic carbocycles. The minimum Gasteiger partial charge on any atom is -0.480 e. The highest BCUT2D eigenvalue weighted by molar-refractivity contribution is 6.31. The number of halogens is 4. The van der Waals surface area contributed by atoms with Gasteiger partial charge in [-0.25, -0.2) is 9.78 Å². The minimum absolute atomic E-state index is 0.213. The SMILES string of the molecule is O=C(O)COCCOCCOCCCc1ccc(CCc2c(-c3ccc(C(F)(F)F)cc3)[nH]n(-c3nc4ccc(Cl)cc4[nH]3)c2=O)cc1. The van der Waals surface area contributed by atoms with E-state index >= 15 is 0 Å². The summed E-state index contributed by atoms with van der Waals surface area (Å²) in [5, 5.41) is 12.1. The normalized spacial score (nSPS) is 11.8. The number of rotatable bonds is 17. The van der Waals surface area contributed by atoms with Gasteiger partial charge >= 0.3 is 12.1 Å². The first-order chi connectivity index (χ1) is 23.1. The van der Waals surface area contributed by atoms with E-state index in [1.165, 1.54) is 16.8 Å². The maximum absolute atomic E-state index is 13.7. The molecular weight excluding hydrogens is 653 g/mol. The molecule has 2 aromatic heterocycles. The lowest BCUT2D eigenvalue weighted by atomic mass is 9.99. The van der Waals surface area contributed by atoms with E-state index < -0.39 is 17.7 Å². The molecule has 254 valence electrons. The van der Waals surface area contributed by atoms with Crippen molar-refractivity contribution in [3.63, 3.8) is 0 Å². The van der Waals surface area contributed by atoms with Crippen molar-refractivity contribution in [2.24, 2.45) is 0 Å². The number of nitrogens with one attached hydrogen (secondary N) is 2. The molecule has 0 unspecified atom stereocenters. The fourth-order valence-electron chi connectivity index (χ4n) is 5.11. The Hall–Kier alpha value is -4.43. The van der Waals surface area contributed by atoms with Gasteiger partial charge in [-0.3, -0.25) is 9.89 Å². The molecule has 0 atom stereocenters. The van der Waals surface area contributed by atoms with Crippen molar-refractivity contribution in [2.75, 3.05) is 39.6 Å². The molecule has 0 saturated heterocycles. The molecule has 10 nitrogen and oxygen atoms in total. The van der Waals surface area contributed by atoms with Gasteiger partial charge in [-0.15, -0.1) is 0 Å². The number of aromatic amines is 2. The van der Waals surface area contributed by atoms with Crippen LogP contribution in [0.15, 0.2) is 71.5 Å². The summed E-state index contributed by atoms with van der Waals surface area (Å²) in [5.74, 6) is -0.781. The summed E-state index contributed by atoms with van der Waals surface area (Å²) in [6, 6.07) is 17.9. The van der Waals surface area contributed by atoms with E-state index in [1.54, 1.807) is 18.2 Å². The topological polar surface area (TPSA) is 131 Å². The zero-order valence-corrected chi connectivity index (χ0v) is 26.6. The van der Waals surface area contributed by atoms with E-state index in [4.69, 9.17) is 30.9 Å². The number of imidazole rings is 1. The molecule has 5 aromatic rings. The Morgan fingerprint density at radius 2 is 1.50 bits per heavy atom. The summed E-state index contributed by atoms with van der Waals surface area (Å²) in [7, 11) is 0. The Kier molecular flexibility index (Phi) is 11.7. The predicted octanol–water partition coefficient (Wildman–Crippen LogP) is 6.23. The van der Waals surface area contributed by atoms with Gasteiger partial charge in [-0.2, -0.15) is 17.9 Å². The summed E-state index contributed by atoms with van der Waals surface area (Å²) >= 11 is 6.11. The van der Waals surface area contributed by atoms with Gasteiger partial charge in [0, 0.05) is 17.2 Å². The lowest BCUT2D eigenvalue weighted by molar-refractivity contribution is -0.142. The molecule has 14 heteroatoms. The van der Waals surface area contributed by atoms with Gasteiger partial charge in [0.2, 0.25) is 5.95 Å². The van der Waals surface area contributed by atoms with E-state index in [0.717, 1.165) is 36.1 Å². The van der Waals surface area contributed by atoms with Crippen LogP contribution >= 0.6 is 11.6 Å². The highest BCUT2D eigenvalue weighted by Gasteiger charge is 2.30. The number of aromatic nitrogens is 4. The highest BCUT2D eigenvalue weighted by Crippen LogP contribution is 2.31. The van der Waals surface area contributed by atoms with Crippen molar-refractivity contribution in [1.82, 2.24) is 19.7 Å². The second-order valence-electron chi connectivity index (χ2n) is 11.0. The number of aryl methyl sites for hydroxylation is 2. The Morgan fingerprint density at radius 1 is 0.854 bits per heavy atom. The van der Waals surface area contributed by atoms with E-state index in [0.29, 0.717) is 72.1 Å². The molecule has 0 fully saturated rings. The van der Waals surface area contributed by atoms with Crippen molar-refractivity contribution in [3.05, 3.63) is 104 Å². The third kappa shape index (κ3) is 9.34. The fraction of sp³-hybridized carbons (Fsp3) is 0.324. The first kappa shape index (κ1) is 34.9. The molecule has 0 saturated carbocycles. The molecule has 0 radical (unpaired) electrons. The molecule has 5 rings (SSSR count). The average Bonchev–Trinajstić information content (AvgIpc) is 3.62. The number of aliphatic carboxylic acids is 1. The number of hydrogen-bond donors (Lipinski definition) is 3. The van der Waals surface area contributed by atoms with E-state index in [1.807, 2.05) is 24.3 Å². The standard InChI is InChI=1S/C34H34ClF3N4O6/c35-26-12-14-28-29(20-26)40-33(39-28)42-32(45)27(31(41-42)24-8-10-25(11-9-24)34(36,37)38)13-7-23-5-3-22(4-6-23)2-1-15-46-16-17-47-18-19-48-21-30(43)44/h3-6,8-12,14,20,41H,1-2,7,13,15-19,21H2,(H,39,40)(H,43,44). The second-order valence-corrected chi connectivity index (χ2v) is 11.4. The third-order valence-electron chi connectivity index (χ3n) is 7.54. The monoisotopic (exact) mass is 686 g/mol. The number of nitrogens with zero attached hydrogens (tertiary/aromatic N) is 2. The van der Waals surface area contributed by atoms with Crippen LogP contribution in [0.3, 0.4) is 0 Å². The van der Waals surface area contributed by atoms with Crippen molar-refractivity contribution in [2.45, 2.75) is 31.9 Å². The minimum atomic E-state index is -4.48. The summed E-state index contributed by atoms with van der Waals surface area (Å²) in [4.78, 5) is 31.7. The zero-order valence-electron chi connectivity index (χ0n) is 25.8. The van der Waals surface area contributed by atoms with Crippen molar-refractivity contribution < 1.29 is 37.3 Å². The number of hydrogen-bond acceptors (Lipinski definition) is 6. The van der Waals surface area contributed by atoms with Crippen LogP contribution in [0.4, 0.5) is 13.2 Å². The van der Waals surface area contributed by atoms with Gasteiger partial charge in [0.1, 0.15) is 6.61 Å². The van der Waals surface area contributed by atoms with Crippen molar-refractivity contribution in [1.29, 1.82) is 0 Å². The Labute approximate surface area is 278 Å². The van der Waals surface area contributed by atoms with Crippen LogP contribution in [0.5, 0.6) is 0 Å². The van der Waals surface area contributed by atoms with Gasteiger partial charge < -0.3 is 24.3 Å². The quantitative estimate of drug-likeness (QED) is 0.0988. The molecule has 3 N–H and O–H groups in total. The van der Waals surface area contributed by atoms with Crippen molar-refractivity contribution in [3.8, 4) is 17.2 Å². The van der Waals surface area contributed by atoms with Crippen LogP contribution in [0.1, 0.15) is 28.7 Å². The van der Waals surface area contributed by atoms with Crippen LogP contribution in [-0.2, 0) is 44.4 Å². The highest BCUT2D eigenvalue weighted by atomic mass is 35.5. The van der Waals surface area contributed by atoms with E-state index in [2.05, 4.69) is 15.1 Å². The van der Waals surface area contributed by atoms with Crippen LogP contribution in [-0.4, -0.2) is 70.5 Å². The Bertz CT molecular complexity index is 1870. The first-order valence-electron chi connectivity index (χ1n) is 15.3. The summed E-state index contributed by atoms with van der Waals surface area (Å²) in [6.45, 7) is 1.55. The van der Waals surface area contributed by atoms with E-state index in [9.17, 15) is 22.8 Å². The van der Waals surface area contributed by atoms with Crippen LogP contribution in [0, 0.1) is 0 Å². The Morgan fingerprint density at radius 3 is 2.17 bits per heavy atom. The van der Waals surface area contributed by atoms with Crippen molar-refractivity contribution >= 4 is 28.6 Å². The molecule has 0 amide bonds. The third-order valence-corrected chi connectivity index (χ3v) is 7.78. The van der Waals surface area contributed by atoms with Gasteiger partial charge in [0.05, 0.1) is 48.7 Å². The molecule has 0 spiro atoms. The number of carbonyl (C=O) groups is 1. The summed E-state index contributed by atoms with van der Waals surface area (Å²) in [6.07, 6.45) is -1.98. The van der Waals surface area contributed by atoms with Gasteiger partial charge in [0.25, 0.3) is 5.56 Å². The molecule has 0 aliphatic rings. The maximum atomic E-state index is 13.7. The summed E-state index contributed by atoms with van der Waals surface area (Å²) < 4.78 is 56.8. The van der Waals surface area contributed by atoms with Gasteiger partial charge in [0.15, 0.2) is 0 Å². The largest absolute Gasteiger partial charge is 0.480 e. The van der Waals surface area contributed by atoms with Crippen LogP contribution in [0.2, 0.25) is 5.02 Å². The Balaban J connectivity index is 1.20. The van der Waals surface area contributed by atoms with Gasteiger partial charge in [-0.05, 0) is 72.7 Å². The number of H-pyrrole nitrogens is 2. The van der Waals surface area contributed by atoms with Crippen LogP contribution in [0.25, 0.3) is 28.2 Å². The molecule has 0 aliphatic carbocycles. The number of carboxylic acids is 1. The molecule has 48 heavy (non-hydrogen) atoms. The predicted molar refractivity (Wildman–Crippen MR) is 174 cm³/mol. The maximum Gasteiger partial charge on any atom is 0.416 e. The number of fused-ring (bicyclic) bond motifs is 1. The first-order valence-corrected chi connectivity index (χ1v) is 15.7. The number of carboxylic acid groups (broad SMARTS) is 1. The lowest BCUT2D eigenvalue weighted by Gasteiger charge is -2.08. The lowest BCUT2D eigenvalue weighted by Crippen LogP contribution is -2.18. The number of benzene rings is 3. The molecule has 0 aliphatic heterocycles. The average molecular weight is 687 g/mol. The fourth-order valence-corrected chi connectivity index (χ4v) is 5.28. The smallest absolute Gasteiger partial charge is 0.416 e. The van der Waals surface area contributed by atoms with Crippen LogP contribution < -0.4 is 5.56 Å². The zero-order chi connectivity index (χ0) is 34.1. The number of alkyl halides is 3. The molecule has 0 bridgehead atoms. The molecule has 2 heterocycles. The second kappa shape index (κ2) is 16.1.